The first kappa shape index (κ1) is 11.5. The van der Waals surface area contributed by atoms with E-state index in [9.17, 15) is 0 Å². The van der Waals surface area contributed by atoms with Gasteiger partial charge in [-0.25, -0.2) is 0 Å². The van der Waals surface area contributed by atoms with Gasteiger partial charge in [0, 0.05) is 0 Å². The number of aliphatic hydroxyl groups is 2. The van der Waals surface area contributed by atoms with Crippen LogP contribution in [0.1, 0.15) is 19.8 Å². The van der Waals surface area contributed by atoms with Crippen LogP contribution in [0.15, 0.2) is 12.7 Å². The number of unbranched alkanes of at least 4 members (excludes halogenated alkanes) is 1. The van der Waals surface area contributed by atoms with E-state index in [1.54, 1.807) is 0 Å². The minimum absolute atomic E-state index is 0.125. The quantitative estimate of drug-likeness (QED) is 0.561. The zero-order chi connectivity index (χ0) is 7.54. The summed E-state index contributed by atoms with van der Waals surface area (Å²) < 4.78 is 0. The molecule has 0 aliphatic rings. The highest BCUT2D eigenvalue weighted by Gasteiger charge is 1.61. The van der Waals surface area contributed by atoms with Crippen LogP contribution in [0, 0.1) is 0 Å². The van der Waals surface area contributed by atoms with Crippen molar-refractivity contribution in [1.29, 1.82) is 0 Å². The summed E-state index contributed by atoms with van der Waals surface area (Å²) in [6.45, 7) is 5.44. The van der Waals surface area contributed by atoms with Crippen LogP contribution in [-0.2, 0) is 0 Å². The van der Waals surface area contributed by atoms with Crippen LogP contribution in [0.2, 0.25) is 0 Å². The highest BCUT2D eigenvalue weighted by Crippen LogP contribution is 1.82. The van der Waals surface area contributed by atoms with Crippen molar-refractivity contribution in [3.05, 3.63) is 12.7 Å². The second kappa shape index (κ2) is 15.6. The molecule has 2 nitrogen and oxygen atoms in total. The summed E-state index contributed by atoms with van der Waals surface area (Å²) >= 11 is 0. The molecule has 9 heavy (non-hydrogen) atoms. The van der Waals surface area contributed by atoms with Crippen LogP contribution in [-0.4, -0.2) is 23.4 Å². The van der Waals surface area contributed by atoms with E-state index < -0.39 is 0 Å². The van der Waals surface area contributed by atoms with E-state index >= 15 is 0 Å². The molecule has 2 heteroatoms. The monoisotopic (exact) mass is 132 g/mol. The summed E-state index contributed by atoms with van der Waals surface area (Å²) in [7, 11) is 0. The third-order valence-corrected chi connectivity index (χ3v) is 0.593. The van der Waals surface area contributed by atoms with E-state index in [2.05, 4.69) is 13.5 Å². The highest BCUT2D eigenvalue weighted by molar-refractivity contribution is 4.63. The Morgan fingerprint density at radius 3 is 1.78 bits per heavy atom. The maximum absolute atomic E-state index is 7.62. The molecule has 0 fully saturated rings. The molecule has 0 bridgehead atoms. The number of allylic oxidation sites excluding steroid dienone is 1. The summed E-state index contributed by atoms with van der Waals surface area (Å²) in [6, 6.07) is 0. The van der Waals surface area contributed by atoms with E-state index in [0.29, 0.717) is 0 Å². The van der Waals surface area contributed by atoms with Crippen LogP contribution in [0.3, 0.4) is 0 Å². The van der Waals surface area contributed by atoms with Crippen molar-refractivity contribution < 1.29 is 10.2 Å². The summed E-state index contributed by atoms with van der Waals surface area (Å²) in [5.41, 5.74) is 0. The molecule has 0 aromatic carbocycles. The van der Waals surface area contributed by atoms with Gasteiger partial charge in [0.2, 0.25) is 0 Å². The van der Waals surface area contributed by atoms with Crippen LogP contribution < -0.4 is 0 Å². The molecule has 2 N–H and O–H groups in total. The Kier molecular flexibility index (Phi) is 19.9. The lowest BCUT2D eigenvalue weighted by atomic mass is 10.3. The number of hydrogen-bond acceptors (Lipinski definition) is 2. The fourth-order valence-corrected chi connectivity index (χ4v) is 0.204. The summed E-state index contributed by atoms with van der Waals surface area (Å²) in [4.78, 5) is 0. The molecule has 0 spiro atoms. The fourth-order valence-electron chi connectivity index (χ4n) is 0.204. The zero-order valence-electron chi connectivity index (χ0n) is 6.01. The fraction of sp³-hybridized carbons (Fsp3) is 0.714. The van der Waals surface area contributed by atoms with Crippen molar-refractivity contribution in [3.8, 4) is 0 Å². The molecule has 0 saturated carbocycles. The maximum atomic E-state index is 7.62. The van der Waals surface area contributed by atoms with Gasteiger partial charge in [-0.3, -0.25) is 0 Å². The van der Waals surface area contributed by atoms with Gasteiger partial charge in [0.05, 0.1) is 13.2 Å². The third-order valence-electron chi connectivity index (χ3n) is 0.593. The minimum atomic E-state index is -0.125. The Labute approximate surface area is 56.8 Å². The summed E-state index contributed by atoms with van der Waals surface area (Å²) in [5, 5.41) is 15.2. The number of rotatable bonds is 3. The molecule has 0 aromatic heterocycles. The van der Waals surface area contributed by atoms with Crippen LogP contribution >= 0.6 is 0 Å². The van der Waals surface area contributed by atoms with Crippen molar-refractivity contribution in [2.75, 3.05) is 13.2 Å². The molecular weight excluding hydrogens is 116 g/mol. The van der Waals surface area contributed by atoms with Crippen molar-refractivity contribution in [2.24, 2.45) is 0 Å². The molecule has 0 atom stereocenters. The lowest BCUT2D eigenvalue weighted by molar-refractivity contribution is 0.186. The Hall–Kier alpha value is -0.340. The third kappa shape index (κ3) is 34.7. The maximum Gasteiger partial charge on any atom is 0.0662 e. The molecule has 0 radical (unpaired) electrons. The van der Waals surface area contributed by atoms with Crippen molar-refractivity contribution in [1.82, 2.24) is 0 Å². The Balaban J connectivity index is 0. The molecule has 0 amide bonds. The normalized spacial score (nSPS) is 7.44. The lowest BCUT2D eigenvalue weighted by Crippen LogP contribution is -1.85. The largest absolute Gasteiger partial charge is 0.394 e. The van der Waals surface area contributed by atoms with Gasteiger partial charge in [0.1, 0.15) is 0 Å². The van der Waals surface area contributed by atoms with Gasteiger partial charge in [-0.15, -0.1) is 6.58 Å². The smallest absolute Gasteiger partial charge is 0.0662 e. The van der Waals surface area contributed by atoms with Gasteiger partial charge in [0.15, 0.2) is 0 Å². The highest BCUT2D eigenvalue weighted by atomic mass is 16.3. The summed E-state index contributed by atoms with van der Waals surface area (Å²) in [5.74, 6) is 0. The van der Waals surface area contributed by atoms with Gasteiger partial charge < -0.3 is 10.2 Å². The van der Waals surface area contributed by atoms with Gasteiger partial charge >= 0.3 is 0 Å². The van der Waals surface area contributed by atoms with E-state index in [1.807, 2.05) is 6.08 Å². The standard InChI is InChI=1S/C5H10.C2H6O2/c1-3-5-4-2;3-1-2-4/h3H,1,4-5H2,2H3;3-4H,1-2H2. The molecule has 56 valence electrons. The second-order valence-electron chi connectivity index (χ2n) is 1.52. The first-order valence-corrected chi connectivity index (χ1v) is 3.16. The predicted octanol–water partition coefficient (Wildman–Crippen LogP) is 0.944. The Bertz CT molecular complexity index is 42.2. The molecule has 0 rings (SSSR count). The Morgan fingerprint density at radius 1 is 1.33 bits per heavy atom. The molecule has 0 aromatic rings. The SMILES string of the molecule is C=CCCC.OCCO. The number of aliphatic hydroxyl groups excluding tert-OH is 2. The van der Waals surface area contributed by atoms with Gasteiger partial charge in [-0.1, -0.05) is 19.4 Å². The van der Waals surface area contributed by atoms with E-state index in [1.165, 1.54) is 6.42 Å². The molecular formula is C7H16O2. The molecule has 0 heterocycles. The van der Waals surface area contributed by atoms with Gasteiger partial charge in [-0.2, -0.15) is 0 Å². The molecule has 0 aliphatic carbocycles. The average Bonchev–Trinajstić information content (AvgIpc) is 1.91. The average molecular weight is 132 g/mol. The first-order chi connectivity index (χ1) is 4.33. The molecule has 0 aliphatic heterocycles. The van der Waals surface area contributed by atoms with Crippen LogP contribution in [0.4, 0.5) is 0 Å². The van der Waals surface area contributed by atoms with Crippen molar-refractivity contribution in [3.63, 3.8) is 0 Å². The first-order valence-electron chi connectivity index (χ1n) is 3.16. The predicted molar refractivity (Wildman–Crippen MR) is 39.3 cm³/mol. The van der Waals surface area contributed by atoms with E-state index in [-0.39, 0.29) is 13.2 Å². The van der Waals surface area contributed by atoms with Gasteiger partial charge in [-0.05, 0) is 6.42 Å². The Morgan fingerprint density at radius 2 is 1.78 bits per heavy atom. The van der Waals surface area contributed by atoms with Crippen molar-refractivity contribution >= 4 is 0 Å². The second-order valence-corrected chi connectivity index (χ2v) is 1.52. The van der Waals surface area contributed by atoms with Crippen LogP contribution in [0.25, 0.3) is 0 Å². The lowest BCUT2D eigenvalue weighted by Gasteiger charge is -1.72. The van der Waals surface area contributed by atoms with E-state index in [0.717, 1.165) is 6.42 Å². The van der Waals surface area contributed by atoms with E-state index in [4.69, 9.17) is 10.2 Å². The topological polar surface area (TPSA) is 40.5 Å². The van der Waals surface area contributed by atoms with Crippen molar-refractivity contribution in [2.45, 2.75) is 19.8 Å². The number of hydrogen-bond donors (Lipinski definition) is 2. The van der Waals surface area contributed by atoms with Gasteiger partial charge in [0.25, 0.3) is 0 Å². The minimum Gasteiger partial charge on any atom is -0.394 e. The molecule has 0 saturated heterocycles. The zero-order valence-corrected chi connectivity index (χ0v) is 6.01. The summed E-state index contributed by atoms with van der Waals surface area (Å²) in [6.07, 6.45) is 4.31. The van der Waals surface area contributed by atoms with Crippen LogP contribution in [0.5, 0.6) is 0 Å². The molecule has 0 unspecified atom stereocenters.